The van der Waals surface area contributed by atoms with E-state index in [1.807, 2.05) is 13.0 Å². The molecule has 1 aromatic carbocycles. The van der Waals surface area contributed by atoms with Crippen LogP contribution in [0.15, 0.2) is 30.2 Å². The molecule has 0 atom stereocenters. The second-order valence-electron chi connectivity index (χ2n) is 5.07. The van der Waals surface area contributed by atoms with Crippen LogP contribution in [0.25, 0.3) is 0 Å². The molecule has 0 spiro atoms. The van der Waals surface area contributed by atoms with Gasteiger partial charge in [-0.2, -0.15) is 0 Å². The van der Waals surface area contributed by atoms with E-state index in [0.29, 0.717) is 31.3 Å². The van der Waals surface area contributed by atoms with Gasteiger partial charge in [-0.25, -0.2) is 0 Å². The van der Waals surface area contributed by atoms with Crippen LogP contribution in [0.3, 0.4) is 0 Å². The molecule has 1 aliphatic rings. The van der Waals surface area contributed by atoms with Gasteiger partial charge in [0.2, 0.25) is 11.7 Å². The van der Waals surface area contributed by atoms with Gasteiger partial charge in [0.15, 0.2) is 0 Å². The summed E-state index contributed by atoms with van der Waals surface area (Å²) in [5.74, 6) is -0.120. The van der Waals surface area contributed by atoms with Gasteiger partial charge in [-0.1, -0.05) is 11.6 Å². The van der Waals surface area contributed by atoms with E-state index in [2.05, 4.69) is 10.9 Å². The molecule has 2 amide bonds. The zero-order valence-corrected chi connectivity index (χ0v) is 14.0. The van der Waals surface area contributed by atoms with Crippen LogP contribution in [0.1, 0.15) is 18.4 Å². The van der Waals surface area contributed by atoms with Gasteiger partial charge >= 0.3 is 5.91 Å². The molecule has 0 aliphatic carbocycles. The van der Waals surface area contributed by atoms with Crippen molar-refractivity contribution in [3.63, 3.8) is 0 Å². The standard InChI is InChI=1S/C16H19ClN2O5/c1-11-9-12(17)4-5-13(11)23-6-2-3-15(20)18-19-16(21)14-10-22-7-8-24-14/h4-5,9-10H,2-3,6-8H2,1H3,(H,18,20)(H,19,21). The van der Waals surface area contributed by atoms with Gasteiger partial charge in [0.05, 0.1) is 6.61 Å². The molecule has 0 bridgehead atoms. The van der Waals surface area contributed by atoms with Crippen LogP contribution in [0, 0.1) is 6.92 Å². The first-order valence-corrected chi connectivity index (χ1v) is 7.87. The zero-order valence-electron chi connectivity index (χ0n) is 13.3. The number of amides is 2. The number of hydrogen-bond acceptors (Lipinski definition) is 5. The average Bonchev–Trinajstić information content (AvgIpc) is 2.59. The van der Waals surface area contributed by atoms with Gasteiger partial charge < -0.3 is 14.2 Å². The van der Waals surface area contributed by atoms with Gasteiger partial charge in [-0.15, -0.1) is 0 Å². The van der Waals surface area contributed by atoms with Gasteiger partial charge in [0.1, 0.15) is 25.2 Å². The quantitative estimate of drug-likeness (QED) is 0.601. The average molecular weight is 355 g/mol. The number of carbonyl (C=O) groups is 2. The summed E-state index contributed by atoms with van der Waals surface area (Å²) in [6.45, 7) is 2.98. The number of hydrazine groups is 1. The molecule has 8 heteroatoms. The molecule has 0 unspecified atom stereocenters. The van der Waals surface area contributed by atoms with Crippen molar-refractivity contribution in [3.8, 4) is 5.75 Å². The van der Waals surface area contributed by atoms with Crippen molar-refractivity contribution in [2.75, 3.05) is 19.8 Å². The summed E-state index contributed by atoms with van der Waals surface area (Å²) in [5, 5.41) is 0.650. The van der Waals surface area contributed by atoms with Crippen LogP contribution in [0.4, 0.5) is 0 Å². The lowest BCUT2D eigenvalue weighted by Crippen LogP contribution is -2.43. The summed E-state index contributed by atoms with van der Waals surface area (Å²) in [5.41, 5.74) is 5.50. The Balaban J connectivity index is 1.62. The van der Waals surface area contributed by atoms with E-state index < -0.39 is 5.91 Å². The smallest absolute Gasteiger partial charge is 0.308 e. The number of hydrogen-bond donors (Lipinski definition) is 2. The number of nitrogens with one attached hydrogen (secondary N) is 2. The van der Waals surface area contributed by atoms with E-state index in [-0.39, 0.29) is 18.1 Å². The van der Waals surface area contributed by atoms with Gasteiger partial charge in [0.25, 0.3) is 0 Å². The largest absolute Gasteiger partial charge is 0.494 e. The van der Waals surface area contributed by atoms with Crippen molar-refractivity contribution >= 4 is 23.4 Å². The van der Waals surface area contributed by atoms with Crippen molar-refractivity contribution in [1.82, 2.24) is 10.9 Å². The number of benzene rings is 1. The van der Waals surface area contributed by atoms with Gasteiger partial charge in [-0.3, -0.25) is 20.4 Å². The van der Waals surface area contributed by atoms with Crippen molar-refractivity contribution in [2.45, 2.75) is 19.8 Å². The van der Waals surface area contributed by atoms with E-state index in [1.54, 1.807) is 12.1 Å². The Morgan fingerprint density at radius 1 is 1.29 bits per heavy atom. The molecule has 1 aromatic rings. The van der Waals surface area contributed by atoms with Crippen molar-refractivity contribution in [3.05, 3.63) is 40.8 Å². The van der Waals surface area contributed by atoms with Crippen LogP contribution in [-0.4, -0.2) is 31.6 Å². The first kappa shape index (κ1) is 17.9. The normalized spacial score (nSPS) is 13.2. The van der Waals surface area contributed by atoms with Crippen LogP contribution in [-0.2, 0) is 19.1 Å². The maximum atomic E-state index is 11.7. The number of aryl methyl sites for hydroxylation is 1. The van der Waals surface area contributed by atoms with Gasteiger partial charge in [-0.05, 0) is 37.1 Å². The zero-order chi connectivity index (χ0) is 17.4. The molecule has 0 aromatic heterocycles. The minimum absolute atomic E-state index is 0.0306. The predicted octanol–water partition coefficient (Wildman–Crippen LogP) is 1.84. The fraction of sp³-hybridized carbons (Fsp3) is 0.375. The van der Waals surface area contributed by atoms with Crippen LogP contribution < -0.4 is 15.6 Å². The molecule has 1 aliphatic heterocycles. The molecule has 2 N–H and O–H groups in total. The number of halogens is 1. The first-order valence-electron chi connectivity index (χ1n) is 7.49. The van der Waals surface area contributed by atoms with Crippen LogP contribution in [0.2, 0.25) is 5.02 Å². The van der Waals surface area contributed by atoms with E-state index in [9.17, 15) is 9.59 Å². The molecule has 0 saturated carbocycles. The second-order valence-corrected chi connectivity index (χ2v) is 5.50. The highest BCUT2D eigenvalue weighted by molar-refractivity contribution is 6.30. The Labute approximate surface area is 144 Å². The number of rotatable bonds is 6. The molecular weight excluding hydrogens is 336 g/mol. The molecule has 1 heterocycles. The third-order valence-electron chi connectivity index (χ3n) is 3.13. The van der Waals surface area contributed by atoms with Crippen molar-refractivity contribution < 1.29 is 23.8 Å². The highest BCUT2D eigenvalue weighted by Gasteiger charge is 2.15. The third kappa shape index (κ3) is 5.66. The maximum absolute atomic E-state index is 11.7. The lowest BCUT2D eigenvalue weighted by atomic mass is 10.2. The monoisotopic (exact) mass is 354 g/mol. The molecule has 0 radical (unpaired) electrons. The third-order valence-corrected chi connectivity index (χ3v) is 3.37. The van der Waals surface area contributed by atoms with E-state index >= 15 is 0 Å². The molecule has 7 nitrogen and oxygen atoms in total. The van der Waals surface area contributed by atoms with E-state index in [1.165, 1.54) is 6.26 Å². The number of carbonyl (C=O) groups excluding carboxylic acids is 2. The SMILES string of the molecule is Cc1cc(Cl)ccc1OCCCC(=O)NNC(=O)C1=COCCO1. The molecule has 24 heavy (non-hydrogen) atoms. The molecular formula is C16H19ClN2O5. The Bertz CT molecular complexity index is 633. The molecule has 0 fully saturated rings. The van der Waals surface area contributed by atoms with E-state index in [4.69, 9.17) is 25.8 Å². The summed E-state index contributed by atoms with van der Waals surface area (Å²) >= 11 is 5.87. The Kier molecular flexibility index (Phi) is 6.74. The fourth-order valence-electron chi connectivity index (χ4n) is 1.93. The molecule has 2 rings (SSSR count). The minimum atomic E-state index is -0.559. The summed E-state index contributed by atoms with van der Waals surface area (Å²) in [4.78, 5) is 23.3. The Morgan fingerprint density at radius 2 is 2.12 bits per heavy atom. The summed E-state index contributed by atoms with van der Waals surface area (Å²) in [6.07, 6.45) is 1.93. The lowest BCUT2D eigenvalue weighted by molar-refractivity contribution is -0.129. The summed E-state index contributed by atoms with van der Waals surface area (Å²) < 4.78 is 15.6. The Hall–Kier alpha value is -2.41. The predicted molar refractivity (Wildman–Crippen MR) is 87.2 cm³/mol. The molecule has 0 saturated heterocycles. The lowest BCUT2D eigenvalue weighted by Gasteiger charge is -2.15. The van der Waals surface area contributed by atoms with E-state index in [0.717, 1.165) is 11.3 Å². The van der Waals surface area contributed by atoms with Crippen molar-refractivity contribution in [1.29, 1.82) is 0 Å². The fourth-order valence-corrected chi connectivity index (χ4v) is 2.15. The number of ether oxygens (including phenoxy) is 3. The summed E-state index contributed by atoms with van der Waals surface area (Å²) in [7, 11) is 0. The highest BCUT2D eigenvalue weighted by atomic mass is 35.5. The summed E-state index contributed by atoms with van der Waals surface area (Å²) in [6, 6.07) is 5.35. The second kappa shape index (κ2) is 9.02. The Morgan fingerprint density at radius 3 is 2.83 bits per heavy atom. The molecule has 130 valence electrons. The first-order chi connectivity index (χ1) is 11.6. The maximum Gasteiger partial charge on any atom is 0.308 e. The van der Waals surface area contributed by atoms with Gasteiger partial charge in [0, 0.05) is 11.4 Å². The topological polar surface area (TPSA) is 85.9 Å². The minimum Gasteiger partial charge on any atom is -0.494 e. The van der Waals surface area contributed by atoms with Crippen molar-refractivity contribution in [2.24, 2.45) is 0 Å². The highest BCUT2D eigenvalue weighted by Crippen LogP contribution is 2.21. The van der Waals surface area contributed by atoms with Crippen LogP contribution >= 0.6 is 11.6 Å². The van der Waals surface area contributed by atoms with Crippen LogP contribution in [0.5, 0.6) is 5.75 Å².